The first kappa shape index (κ1) is 24.2. The predicted octanol–water partition coefficient (Wildman–Crippen LogP) is 4.18. The van der Waals surface area contributed by atoms with E-state index in [0.29, 0.717) is 12.0 Å². The van der Waals surface area contributed by atoms with E-state index >= 15 is 0 Å². The quantitative estimate of drug-likeness (QED) is 0.397. The van der Waals surface area contributed by atoms with E-state index in [1.807, 2.05) is 30.3 Å². The number of hydrogen-bond donors (Lipinski definition) is 2. The first-order valence-corrected chi connectivity index (χ1v) is 11.6. The number of imide groups is 2. The molecule has 0 atom stereocenters. The molecular formula is C26H31N3O4. The number of benzene rings is 2. The number of hydrogen-bond acceptors (Lipinski definition) is 4. The Morgan fingerprint density at radius 2 is 1.33 bits per heavy atom. The van der Waals surface area contributed by atoms with Crippen molar-refractivity contribution in [2.24, 2.45) is 0 Å². The molecule has 0 aromatic heterocycles. The van der Waals surface area contributed by atoms with Crippen molar-refractivity contribution in [3.63, 3.8) is 0 Å². The van der Waals surface area contributed by atoms with Crippen molar-refractivity contribution < 1.29 is 19.2 Å². The van der Waals surface area contributed by atoms with Gasteiger partial charge in [-0.3, -0.25) is 25.0 Å². The smallest absolute Gasteiger partial charge is 0.311 e. The first-order valence-electron chi connectivity index (χ1n) is 11.6. The summed E-state index contributed by atoms with van der Waals surface area (Å²) in [5.74, 6) is -1.96. The highest BCUT2D eigenvalue weighted by atomic mass is 16.2. The topological polar surface area (TPSA) is 95.6 Å². The summed E-state index contributed by atoms with van der Waals surface area (Å²) in [5.41, 5.74) is -0.670. The molecule has 0 radical (unpaired) electrons. The highest BCUT2D eigenvalue weighted by Gasteiger charge is 2.55. The summed E-state index contributed by atoms with van der Waals surface area (Å²) in [5, 5.41) is 4.46. The molecule has 0 unspecified atom stereocenters. The number of rotatable bonds is 11. The van der Waals surface area contributed by atoms with Crippen LogP contribution in [0, 0.1) is 0 Å². The van der Waals surface area contributed by atoms with Gasteiger partial charge in [-0.2, -0.15) is 0 Å². The van der Waals surface area contributed by atoms with Gasteiger partial charge in [-0.25, -0.2) is 4.79 Å². The maximum atomic E-state index is 13.7. The zero-order valence-electron chi connectivity index (χ0n) is 19.0. The van der Waals surface area contributed by atoms with E-state index in [-0.39, 0.29) is 13.0 Å². The molecule has 1 fully saturated rings. The van der Waals surface area contributed by atoms with Gasteiger partial charge >= 0.3 is 6.03 Å². The third-order valence-electron chi connectivity index (χ3n) is 6.01. The van der Waals surface area contributed by atoms with E-state index in [1.165, 1.54) is 4.90 Å². The van der Waals surface area contributed by atoms with Gasteiger partial charge in [-0.15, -0.1) is 0 Å². The fourth-order valence-electron chi connectivity index (χ4n) is 4.20. The van der Waals surface area contributed by atoms with Crippen molar-refractivity contribution in [2.75, 3.05) is 0 Å². The Hall–Kier alpha value is -3.48. The number of unbranched alkanes of at least 4 members (excludes halogenated alkanes) is 5. The number of nitrogens with one attached hydrogen (secondary N) is 2. The lowest BCUT2D eigenvalue weighted by molar-refractivity contribution is -0.146. The highest BCUT2D eigenvalue weighted by Crippen LogP contribution is 2.30. The Morgan fingerprint density at radius 3 is 1.94 bits per heavy atom. The molecule has 5 amide bonds. The van der Waals surface area contributed by atoms with E-state index in [1.54, 1.807) is 30.3 Å². The molecular weight excluding hydrogens is 418 g/mol. The van der Waals surface area contributed by atoms with Crippen LogP contribution in [0.3, 0.4) is 0 Å². The lowest BCUT2D eigenvalue weighted by Gasteiger charge is -2.43. The summed E-state index contributed by atoms with van der Waals surface area (Å²) in [6, 6.07) is 16.9. The largest absolute Gasteiger partial charge is 0.328 e. The number of amides is 5. The minimum Gasteiger partial charge on any atom is -0.311 e. The lowest BCUT2D eigenvalue weighted by Crippen LogP contribution is -2.73. The van der Waals surface area contributed by atoms with Crippen molar-refractivity contribution in [3.05, 3.63) is 71.8 Å². The Morgan fingerprint density at radius 1 is 0.788 bits per heavy atom. The molecule has 2 aromatic rings. The second-order valence-electron chi connectivity index (χ2n) is 8.36. The van der Waals surface area contributed by atoms with Crippen LogP contribution in [-0.2, 0) is 16.1 Å². The predicted molar refractivity (Wildman–Crippen MR) is 125 cm³/mol. The number of carbonyl (C=O) groups is 4. The number of nitrogens with zero attached hydrogens (tertiary/aromatic N) is 1. The fraction of sp³-hybridized carbons (Fsp3) is 0.385. The van der Waals surface area contributed by atoms with Gasteiger partial charge in [-0.1, -0.05) is 94.0 Å². The molecule has 1 aliphatic rings. The van der Waals surface area contributed by atoms with Gasteiger partial charge in [0.15, 0.2) is 0 Å². The van der Waals surface area contributed by atoms with Crippen molar-refractivity contribution in [1.82, 2.24) is 15.5 Å². The van der Waals surface area contributed by atoms with Crippen LogP contribution >= 0.6 is 0 Å². The Labute approximate surface area is 194 Å². The van der Waals surface area contributed by atoms with Gasteiger partial charge in [0.25, 0.3) is 17.7 Å². The zero-order chi connectivity index (χ0) is 23.7. The van der Waals surface area contributed by atoms with Crippen molar-refractivity contribution in [2.45, 2.75) is 64.0 Å². The van der Waals surface area contributed by atoms with Gasteiger partial charge in [0.05, 0.1) is 0 Å². The zero-order valence-corrected chi connectivity index (χ0v) is 19.0. The standard InChI is InChI=1S/C26H31N3O4/c1-2-3-4-5-6-13-18-26(23(31)27-25(33)28-24(26)32)29(19-20-14-9-7-10-15-20)22(30)21-16-11-8-12-17-21/h7-12,14-17H,2-6,13,18-19H2,1H3,(H2,27,28,31,32,33). The summed E-state index contributed by atoms with van der Waals surface area (Å²) in [6.07, 6.45) is 5.85. The molecule has 1 saturated heterocycles. The van der Waals surface area contributed by atoms with Gasteiger partial charge in [-0.05, 0) is 24.1 Å². The molecule has 7 nitrogen and oxygen atoms in total. The summed E-state index contributed by atoms with van der Waals surface area (Å²) < 4.78 is 0. The molecule has 0 aliphatic carbocycles. The monoisotopic (exact) mass is 449 g/mol. The average molecular weight is 450 g/mol. The minimum atomic E-state index is -1.82. The first-order chi connectivity index (χ1) is 16.0. The SMILES string of the molecule is CCCCCCCCC1(N(Cc2ccccc2)C(=O)c2ccccc2)C(=O)NC(=O)NC1=O. The molecule has 0 bridgehead atoms. The van der Waals surface area contributed by atoms with Crippen LogP contribution in [0.5, 0.6) is 0 Å². The second kappa shape index (κ2) is 11.4. The van der Waals surface area contributed by atoms with Crippen LogP contribution in [-0.4, -0.2) is 34.2 Å². The summed E-state index contributed by atoms with van der Waals surface area (Å²) in [4.78, 5) is 53.4. The molecule has 7 heteroatoms. The van der Waals surface area contributed by atoms with Gasteiger partial charge in [0.1, 0.15) is 0 Å². The van der Waals surface area contributed by atoms with E-state index < -0.39 is 29.3 Å². The van der Waals surface area contributed by atoms with Gasteiger partial charge < -0.3 is 4.90 Å². The van der Waals surface area contributed by atoms with Crippen molar-refractivity contribution in [1.29, 1.82) is 0 Å². The number of barbiturate groups is 1. The molecule has 2 aromatic carbocycles. The molecule has 174 valence electrons. The van der Waals surface area contributed by atoms with E-state index in [4.69, 9.17) is 0 Å². The van der Waals surface area contributed by atoms with Crippen LogP contribution in [0.15, 0.2) is 60.7 Å². The number of urea groups is 1. The van der Waals surface area contributed by atoms with Crippen LogP contribution in [0.25, 0.3) is 0 Å². The van der Waals surface area contributed by atoms with Crippen molar-refractivity contribution >= 4 is 23.8 Å². The van der Waals surface area contributed by atoms with E-state index in [0.717, 1.165) is 37.7 Å². The van der Waals surface area contributed by atoms with Crippen LogP contribution in [0.1, 0.15) is 67.8 Å². The molecule has 1 aliphatic heterocycles. The maximum Gasteiger partial charge on any atom is 0.328 e. The lowest BCUT2D eigenvalue weighted by atomic mass is 9.85. The van der Waals surface area contributed by atoms with Gasteiger partial charge in [0, 0.05) is 12.1 Å². The normalized spacial score (nSPS) is 15.0. The molecule has 3 rings (SSSR count). The summed E-state index contributed by atoms with van der Waals surface area (Å²) in [6.45, 7) is 2.19. The molecule has 33 heavy (non-hydrogen) atoms. The Balaban J connectivity index is 1.98. The summed E-state index contributed by atoms with van der Waals surface area (Å²) >= 11 is 0. The third kappa shape index (κ3) is 5.66. The second-order valence-corrected chi connectivity index (χ2v) is 8.36. The van der Waals surface area contributed by atoms with Crippen LogP contribution in [0.2, 0.25) is 0 Å². The van der Waals surface area contributed by atoms with Crippen molar-refractivity contribution in [3.8, 4) is 0 Å². The van der Waals surface area contributed by atoms with Crippen LogP contribution < -0.4 is 10.6 Å². The summed E-state index contributed by atoms with van der Waals surface area (Å²) in [7, 11) is 0. The van der Waals surface area contributed by atoms with E-state index in [9.17, 15) is 19.2 Å². The fourth-order valence-corrected chi connectivity index (χ4v) is 4.20. The molecule has 1 heterocycles. The Kier molecular flexibility index (Phi) is 8.35. The third-order valence-corrected chi connectivity index (χ3v) is 6.01. The molecule has 2 N–H and O–H groups in total. The average Bonchev–Trinajstić information content (AvgIpc) is 2.82. The number of carbonyl (C=O) groups excluding carboxylic acids is 4. The van der Waals surface area contributed by atoms with E-state index in [2.05, 4.69) is 17.6 Å². The van der Waals surface area contributed by atoms with Crippen LogP contribution in [0.4, 0.5) is 4.79 Å². The Bertz CT molecular complexity index is 956. The highest BCUT2D eigenvalue weighted by molar-refractivity contribution is 6.24. The molecule has 0 spiro atoms. The van der Waals surface area contributed by atoms with Gasteiger partial charge in [0.2, 0.25) is 5.54 Å². The maximum absolute atomic E-state index is 13.7. The molecule has 0 saturated carbocycles. The minimum absolute atomic E-state index is 0.0550.